The van der Waals surface area contributed by atoms with Crippen molar-refractivity contribution in [2.24, 2.45) is 0 Å². The molecule has 0 aliphatic heterocycles. The molecule has 75 heavy (non-hydrogen) atoms. The molecule has 0 aliphatic rings. The molecule has 0 aliphatic carbocycles. The molecule has 0 amide bonds. The highest BCUT2D eigenvalue weighted by atomic mass is 28.4. The molecule has 0 saturated heterocycles. The van der Waals surface area contributed by atoms with Gasteiger partial charge in [0.05, 0.1) is 0 Å². The number of rotatable bonds is 42. The summed E-state index contributed by atoms with van der Waals surface area (Å²) in [6.07, 6.45) is 44.0. The van der Waals surface area contributed by atoms with E-state index in [1.165, 1.54) is 205 Å². The van der Waals surface area contributed by atoms with Gasteiger partial charge in [0.25, 0.3) is 18.1 Å². The molecule has 4 aromatic carbocycles. The van der Waals surface area contributed by atoms with Crippen LogP contribution in [0.25, 0.3) is 0 Å². The maximum absolute atomic E-state index is 9.00. The van der Waals surface area contributed by atoms with Crippen LogP contribution in [-0.4, -0.2) is 18.1 Å². The molecule has 418 valence electrons. The molecule has 0 fully saturated rings. The van der Waals surface area contributed by atoms with Gasteiger partial charge in [0.15, 0.2) is 0 Å². The van der Waals surface area contributed by atoms with Gasteiger partial charge in [-0.3, -0.25) is 0 Å². The summed E-state index contributed by atoms with van der Waals surface area (Å²) in [5.41, 5.74) is 20.1. The third kappa shape index (κ3) is 19.3. The van der Waals surface area contributed by atoms with Gasteiger partial charge in [-0.2, -0.15) is 0 Å². The van der Waals surface area contributed by atoms with Crippen molar-refractivity contribution in [3.05, 3.63) is 115 Å². The van der Waals surface area contributed by atoms with E-state index in [1.807, 2.05) is 0 Å². The molecule has 0 N–H and O–H groups in total. The van der Waals surface area contributed by atoms with E-state index in [-0.39, 0.29) is 0 Å². The van der Waals surface area contributed by atoms with Crippen molar-refractivity contribution in [1.82, 2.24) is 0 Å². The SMILES string of the molecule is CCCCc1ccc([Si](O[Si](c2ccc(CCCC)c(CCCC)c2CCCC)c2ccc(CCCC)c(CCCC)c2CCCC)c2ccc(CCCC)c(CCCC)c2CCCC)c(CCCC)c1CCCC. The van der Waals surface area contributed by atoms with Crippen LogP contribution in [0, 0.1) is 0 Å². The monoisotopic (exact) mass is 1050 g/mol. The molecule has 0 saturated carbocycles. The number of hydrogen-bond donors (Lipinski definition) is 0. The van der Waals surface area contributed by atoms with Crippen LogP contribution in [-0.2, 0) is 81.2 Å². The van der Waals surface area contributed by atoms with Crippen LogP contribution >= 0.6 is 0 Å². The van der Waals surface area contributed by atoms with Crippen LogP contribution in [0.4, 0.5) is 0 Å². The van der Waals surface area contributed by atoms with Crippen molar-refractivity contribution < 1.29 is 4.12 Å². The van der Waals surface area contributed by atoms with Gasteiger partial charge in [-0.15, -0.1) is 0 Å². The third-order valence-corrected chi connectivity index (χ3v) is 22.2. The summed E-state index contributed by atoms with van der Waals surface area (Å²) in [7, 11) is -3.62. The van der Waals surface area contributed by atoms with Gasteiger partial charge < -0.3 is 4.12 Å². The van der Waals surface area contributed by atoms with E-state index in [4.69, 9.17) is 4.12 Å². The van der Waals surface area contributed by atoms with Gasteiger partial charge in [0.2, 0.25) is 0 Å². The average molecular weight is 1050 g/mol. The molecule has 0 aromatic heterocycles. The summed E-state index contributed by atoms with van der Waals surface area (Å²) in [6, 6.07) is 21.3. The van der Waals surface area contributed by atoms with Gasteiger partial charge in [-0.05, 0) is 242 Å². The van der Waals surface area contributed by atoms with Crippen molar-refractivity contribution in [2.75, 3.05) is 0 Å². The fourth-order valence-electron chi connectivity index (χ4n) is 12.1. The van der Waals surface area contributed by atoms with Gasteiger partial charge in [-0.1, -0.05) is 209 Å². The Morgan fingerprint density at radius 1 is 0.213 bits per heavy atom. The third-order valence-electron chi connectivity index (χ3n) is 16.7. The van der Waals surface area contributed by atoms with Crippen LogP contribution < -0.4 is 20.7 Å². The van der Waals surface area contributed by atoms with Gasteiger partial charge in [-0.25, -0.2) is 0 Å². The summed E-state index contributed by atoms with van der Waals surface area (Å²) in [4.78, 5) is 0. The van der Waals surface area contributed by atoms with Crippen molar-refractivity contribution in [2.45, 2.75) is 314 Å². The Kier molecular flexibility index (Phi) is 32.8. The van der Waals surface area contributed by atoms with Gasteiger partial charge in [0, 0.05) is 0 Å². The Hall–Kier alpha value is -2.73. The van der Waals surface area contributed by atoms with Crippen molar-refractivity contribution in [1.29, 1.82) is 0 Å². The lowest BCUT2D eigenvalue weighted by molar-refractivity contribution is 0.628. The molecule has 4 rings (SSSR count). The van der Waals surface area contributed by atoms with E-state index in [9.17, 15) is 0 Å². The highest BCUT2D eigenvalue weighted by molar-refractivity contribution is 6.92. The molecule has 0 atom stereocenters. The van der Waals surface area contributed by atoms with E-state index >= 15 is 0 Å². The molecular weight excluding hydrogens is 937 g/mol. The summed E-state index contributed by atoms with van der Waals surface area (Å²) in [6.45, 7) is 28.8. The molecule has 0 unspecified atom stereocenters. The summed E-state index contributed by atoms with van der Waals surface area (Å²) >= 11 is 0. The normalized spacial score (nSPS) is 11.8. The highest BCUT2D eigenvalue weighted by Crippen LogP contribution is 2.29. The quantitative estimate of drug-likeness (QED) is 0.0402. The molecule has 1 nitrogen and oxygen atoms in total. The first kappa shape index (κ1) is 64.8. The molecule has 4 aromatic rings. The predicted molar refractivity (Wildman–Crippen MR) is 340 cm³/mol. The maximum atomic E-state index is 9.00. The van der Waals surface area contributed by atoms with E-state index in [1.54, 1.807) is 87.5 Å². The largest absolute Gasteiger partial charge is 0.442 e. The van der Waals surface area contributed by atoms with Crippen molar-refractivity contribution in [3.8, 4) is 0 Å². The fraction of sp³-hybridized carbons (Fsp3) is 0.667. The minimum Gasteiger partial charge on any atom is -0.442 e. The lowest BCUT2D eigenvalue weighted by Gasteiger charge is -2.33. The van der Waals surface area contributed by atoms with Crippen LogP contribution in [0.5, 0.6) is 0 Å². The second kappa shape index (κ2) is 38.0. The molecule has 0 bridgehead atoms. The Labute approximate surface area is 469 Å². The van der Waals surface area contributed by atoms with E-state index in [0.717, 1.165) is 25.7 Å². The summed E-state index contributed by atoms with van der Waals surface area (Å²) in [5.74, 6) is 0. The molecular formula is C72H116OSi2. The average Bonchev–Trinajstić information content (AvgIpc) is 3.43. The molecule has 0 spiro atoms. The molecule has 3 heteroatoms. The molecule has 2 radical (unpaired) electrons. The molecule has 0 heterocycles. The number of hydrogen-bond acceptors (Lipinski definition) is 1. The maximum Gasteiger partial charge on any atom is 0.273 e. The number of benzene rings is 4. The van der Waals surface area contributed by atoms with Crippen molar-refractivity contribution in [3.63, 3.8) is 0 Å². The second-order valence-corrected chi connectivity index (χ2v) is 27.2. The number of aryl methyl sites for hydroxylation is 4. The standard InChI is InChI=1S/C72H116OSi2/c1-13-25-37-57-49-53-69(65(45-33-21-9)61(57)41-29-17-5)74(70-54-50-58(38-26-14-2)62(42-30-18-6)66(70)46-34-22-10)73-75(71-55-51-59(39-27-15-3)63(43-31-19-7)67(71)47-35-23-11)72-56-52-60(40-28-16-4)64(44-32-20-8)68(72)48-36-24-12/h49-56H,13-48H2,1-12H3. The smallest absolute Gasteiger partial charge is 0.273 e. The lowest BCUT2D eigenvalue weighted by atomic mass is 9.90. The van der Waals surface area contributed by atoms with Gasteiger partial charge >= 0.3 is 0 Å². The lowest BCUT2D eigenvalue weighted by Crippen LogP contribution is -2.59. The van der Waals surface area contributed by atoms with E-state index in [0.29, 0.717) is 0 Å². The van der Waals surface area contributed by atoms with Crippen LogP contribution in [0.3, 0.4) is 0 Å². The zero-order valence-electron chi connectivity index (χ0n) is 51.5. The van der Waals surface area contributed by atoms with Crippen LogP contribution in [0.15, 0.2) is 48.5 Å². The first-order chi connectivity index (χ1) is 36.8. The zero-order valence-corrected chi connectivity index (χ0v) is 53.5. The van der Waals surface area contributed by atoms with E-state index in [2.05, 4.69) is 132 Å². The Bertz CT molecular complexity index is 1880. The van der Waals surface area contributed by atoms with E-state index < -0.39 is 18.1 Å². The zero-order chi connectivity index (χ0) is 54.2. The summed E-state index contributed by atoms with van der Waals surface area (Å²) < 4.78 is 9.00. The Balaban J connectivity index is 2.38. The van der Waals surface area contributed by atoms with Gasteiger partial charge in [0.1, 0.15) is 0 Å². The first-order valence-corrected chi connectivity index (χ1v) is 35.6. The Morgan fingerprint density at radius 2 is 0.373 bits per heavy atom. The number of unbranched alkanes of at least 4 members (excludes halogenated alkanes) is 12. The predicted octanol–water partition coefficient (Wildman–Crippen LogP) is 18.7. The highest BCUT2D eigenvalue weighted by Gasteiger charge is 2.36. The minimum absolute atomic E-state index is 1.16. The second-order valence-electron chi connectivity index (χ2n) is 22.9. The van der Waals surface area contributed by atoms with Crippen LogP contribution in [0.1, 0.15) is 304 Å². The van der Waals surface area contributed by atoms with Crippen molar-refractivity contribution >= 4 is 38.8 Å². The summed E-state index contributed by atoms with van der Waals surface area (Å²) in [5, 5.41) is 6.41. The fourth-order valence-corrected chi connectivity index (χ4v) is 18.3. The topological polar surface area (TPSA) is 9.23 Å². The Morgan fingerprint density at radius 3 is 0.547 bits per heavy atom. The van der Waals surface area contributed by atoms with Crippen LogP contribution in [0.2, 0.25) is 0 Å². The minimum atomic E-state index is -1.81. The first-order valence-electron chi connectivity index (χ1n) is 32.8.